The van der Waals surface area contributed by atoms with Gasteiger partial charge in [-0.25, -0.2) is 18.6 Å². The first-order chi connectivity index (χ1) is 10.4. The third-order valence-corrected chi connectivity index (χ3v) is 3.26. The number of carbonyl (C=O) groups excluding carboxylic acids is 2. The van der Waals surface area contributed by atoms with Crippen LogP contribution in [-0.4, -0.2) is 24.3 Å². The number of hydrogen-bond donors (Lipinski definition) is 1. The van der Waals surface area contributed by atoms with E-state index in [1.165, 1.54) is 6.07 Å². The number of nitrogens with zero attached hydrogens (tertiary/aromatic N) is 1. The number of ether oxygens (including phenoxy) is 1. The number of hydrogen-bond acceptors (Lipinski definition) is 5. The van der Waals surface area contributed by atoms with Crippen LogP contribution in [0.4, 0.5) is 14.5 Å². The monoisotopic (exact) mass is 326 g/mol. The first kappa shape index (κ1) is 15.8. The summed E-state index contributed by atoms with van der Waals surface area (Å²) in [5, 5.41) is -0.419. The quantitative estimate of drug-likeness (QED) is 0.692. The molecule has 1 aromatic carbocycles. The Morgan fingerprint density at radius 1 is 1.41 bits per heavy atom. The molecule has 1 aromatic heterocycles. The van der Waals surface area contributed by atoms with Gasteiger partial charge in [0, 0.05) is 11.1 Å². The molecule has 2 aromatic rings. The van der Waals surface area contributed by atoms with Gasteiger partial charge in [0.15, 0.2) is 11.5 Å². The topological polar surface area (TPSA) is 82.3 Å². The number of benzene rings is 1. The standard InChI is InChI=1S/C14H9ClF2N2O3/c1-22-14(21)13-9(15)11(18)10(17)12(19-13)7-3-2-6(5-20)4-8(7)16/h2-5H,1H3,(H2,18,19). The Balaban J connectivity index is 2.73. The molecule has 0 amide bonds. The minimum absolute atomic E-state index is 0.0665. The van der Waals surface area contributed by atoms with Gasteiger partial charge in [-0.1, -0.05) is 17.7 Å². The number of anilines is 1. The van der Waals surface area contributed by atoms with Gasteiger partial charge < -0.3 is 10.5 Å². The van der Waals surface area contributed by atoms with E-state index < -0.39 is 39.7 Å². The van der Waals surface area contributed by atoms with Crippen LogP contribution in [0.3, 0.4) is 0 Å². The van der Waals surface area contributed by atoms with Crippen molar-refractivity contribution in [1.29, 1.82) is 0 Å². The number of halogens is 3. The van der Waals surface area contributed by atoms with Gasteiger partial charge in [-0.15, -0.1) is 0 Å². The lowest BCUT2D eigenvalue weighted by Crippen LogP contribution is -2.10. The van der Waals surface area contributed by atoms with Crippen LogP contribution in [-0.2, 0) is 4.74 Å². The third kappa shape index (κ3) is 2.62. The van der Waals surface area contributed by atoms with Crippen LogP contribution in [0.5, 0.6) is 0 Å². The summed E-state index contributed by atoms with van der Waals surface area (Å²) in [6.45, 7) is 0. The van der Waals surface area contributed by atoms with Gasteiger partial charge in [0.1, 0.15) is 17.8 Å². The van der Waals surface area contributed by atoms with E-state index in [-0.39, 0.29) is 11.1 Å². The maximum absolute atomic E-state index is 14.2. The van der Waals surface area contributed by atoms with Crippen molar-refractivity contribution in [2.24, 2.45) is 0 Å². The largest absolute Gasteiger partial charge is 0.464 e. The first-order valence-corrected chi connectivity index (χ1v) is 6.26. The van der Waals surface area contributed by atoms with Gasteiger partial charge in [-0.05, 0) is 12.1 Å². The molecule has 2 N–H and O–H groups in total. The van der Waals surface area contributed by atoms with Gasteiger partial charge in [-0.3, -0.25) is 4.79 Å². The Kier molecular flexibility index (Phi) is 4.37. The molecule has 0 unspecified atom stereocenters. The number of esters is 1. The molecule has 0 aliphatic rings. The zero-order valence-electron chi connectivity index (χ0n) is 11.2. The number of aldehydes is 1. The fourth-order valence-corrected chi connectivity index (χ4v) is 1.97. The van der Waals surface area contributed by atoms with Gasteiger partial charge >= 0.3 is 5.97 Å². The summed E-state index contributed by atoms with van der Waals surface area (Å²) in [6, 6.07) is 3.33. The number of nitrogen functional groups attached to an aromatic ring is 1. The van der Waals surface area contributed by atoms with Crippen molar-refractivity contribution in [1.82, 2.24) is 4.98 Å². The SMILES string of the molecule is COC(=O)c1nc(-c2ccc(C=O)cc2F)c(F)c(N)c1Cl. The van der Waals surface area contributed by atoms with Crippen molar-refractivity contribution >= 4 is 29.5 Å². The molecule has 1 heterocycles. The van der Waals surface area contributed by atoms with Gasteiger partial charge in [0.2, 0.25) is 0 Å². The van der Waals surface area contributed by atoms with Crippen molar-refractivity contribution in [3.63, 3.8) is 0 Å². The van der Waals surface area contributed by atoms with Gasteiger partial charge in [0.25, 0.3) is 0 Å². The second kappa shape index (κ2) is 6.07. The summed E-state index contributed by atoms with van der Waals surface area (Å²) in [5.41, 5.74) is 3.80. The molecule has 5 nitrogen and oxygen atoms in total. The van der Waals surface area contributed by atoms with E-state index in [2.05, 4.69) is 9.72 Å². The van der Waals surface area contributed by atoms with E-state index in [0.717, 1.165) is 19.2 Å². The van der Waals surface area contributed by atoms with Gasteiger partial charge in [0.05, 0.1) is 17.8 Å². The molecule has 22 heavy (non-hydrogen) atoms. The number of nitrogens with two attached hydrogens (primary N) is 1. The minimum atomic E-state index is -1.07. The minimum Gasteiger partial charge on any atom is -0.464 e. The number of methoxy groups -OCH3 is 1. The summed E-state index contributed by atoms with van der Waals surface area (Å²) in [5.74, 6) is -2.91. The maximum Gasteiger partial charge on any atom is 0.358 e. The smallest absolute Gasteiger partial charge is 0.358 e. The summed E-state index contributed by atoms with van der Waals surface area (Å²) in [4.78, 5) is 25.9. The zero-order valence-corrected chi connectivity index (χ0v) is 11.9. The Labute approximate surface area is 128 Å². The third-order valence-electron chi connectivity index (χ3n) is 2.88. The van der Waals surface area contributed by atoms with Crippen molar-refractivity contribution in [2.75, 3.05) is 12.8 Å². The molecule has 0 saturated heterocycles. The van der Waals surface area contributed by atoms with E-state index in [0.29, 0.717) is 6.29 Å². The number of pyridine rings is 1. The average Bonchev–Trinajstić information content (AvgIpc) is 2.52. The second-order valence-corrected chi connectivity index (χ2v) is 4.58. The molecule has 0 spiro atoms. The highest BCUT2D eigenvalue weighted by Crippen LogP contribution is 2.33. The predicted octanol–water partition coefficient (Wildman–Crippen LogP) is 2.86. The van der Waals surface area contributed by atoms with Crippen LogP contribution in [0.25, 0.3) is 11.3 Å². The molecule has 0 bridgehead atoms. The van der Waals surface area contributed by atoms with Crippen molar-refractivity contribution in [3.05, 3.63) is 46.1 Å². The van der Waals surface area contributed by atoms with E-state index >= 15 is 0 Å². The fourth-order valence-electron chi connectivity index (χ4n) is 1.77. The summed E-state index contributed by atoms with van der Waals surface area (Å²) in [6.07, 6.45) is 0.437. The molecule has 8 heteroatoms. The molecule has 2 rings (SSSR count). The lowest BCUT2D eigenvalue weighted by molar-refractivity contribution is 0.0594. The Morgan fingerprint density at radius 3 is 2.64 bits per heavy atom. The van der Waals surface area contributed by atoms with E-state index in [1.807, 2.05) is 0 Å². The van der Waals surface area contributed by atoms with E-state index in [4.69, 9.17) is 17.3 Å². The fraction of sp³-hybridized carbons (Fsp3) is 0.0714. The summed E-state index contributed by atoms with van der Waals surface area (Å²) in [7, 11) is 1.08. The molecule has 0 aliphatic carbocycles. The van der Waals surface area contributed by atoms with Crippen molar-refractivity contribution < 1.29 is 23.1 Å². The van der Waals surface area contributed by atoms with Crippen LogP contribution in [0.15, 0.2) is 18.2 Å². The van der Waals surface area contributed by atoms with Crippen molar-refractivity contribution in [2.45, 2.75) is 0 Å². The second-order valence-electron chi connectivity index (χ2n) is 4.20. The molecule has 0 aliphatic heterocycles. The van der Waals surface area contributed by atoms with E-state index in [9.17, 15) is 18.4 Å². The zero-order chi connectivity index (χ0) is 16.4. The van der Waals surface area contributed by atoms with Crippen LogP contribution in [0.1, 0.15) is 20.8 Å². The van der Waals surface area contributed by atoms with Crippen LogP contribution >= 0.6 is 11.6 Å². The Bertz CT molecular complexity index is 781. The molecular weight excluding hydrogens is 318 g/mol. The van der Waals surface area contributed by atoms with Crippen molar-refractivity contribution in [3.8, 4) is 11.3 Å². The normalized spacial score (nSPS) is 10.4. The predicted molar refractivity (Wildman–Crippen MR) is 75.7 cm³/mol. The molecule has 0 radical (unpaired) electrons. The van der Waals surface area contributed by atoms with Crippen LogP contribution in [0, 0.1) is 11.6 Å². The number of aromatic nitrogens is 1. The molecule has 0 saturated carbocycles. The highest BCUT2D eigenvalue weighted by molar-refractivity contribution is 6.35. The Hall–Kier alpha value is -2.54. The average molecular weight is 327 g/mol. The highest BCUT2D eigenvalue weighted by atomic mass is 35.5. The molecule has 114 valence electrons. The van der Waals surface area contributed by atoms with Gasteiger partial charge in [-0.2, -0.15) is 0 Å². The number of carbonyl (C=O) groups is 2. The molecule has 0 atom stereocenters. The lowest BCUT2D eigenvalue weighted by atomic mass is 10.1. The van der Waals surface area contributed by atoms with E-state index in [1.54, 1.807) is 0 Å². The number of rotatable bonds is 3. The van der Waals surface area contributed by atoms with Crippen LogP contribution in [0.2, 0.25) is 5.02 Å². The summed E-state index contributed by atoms with van der Waals surface area (Å²) >= 11 is 5.75. The Morgan fingerprint density at radius 2 is 2.09 bits per heavy atom. The first-order valence-electron chi connectivity index (χ1n) is 5.88. The molecular formula is C14H9ClF2N2O3. The highest BCUT2D eigenvalue weighted by Gasteiger charge is 2.24. The molecule has 0 fully saturated rings. The maximum atomic E-state index is 14.2. The lowest BCUT2D eigenvalue weighted by Gasteiger charge is -2.11. The summed E-state index contributed by atoms with van der Waals surface area (Å²) < 4.78 is 32.7. The van der Waals surface area contributed by atoms with Crippen LogP contribution < -0.4 is 5.73 Å².